The van der Waals surface area contributed by atoms with Crippen LogP contribution < -0.4 is 14.5 Å². The minimum atomic E-state index is -1.43. The third-order valence-electron chi connectivity index (χ3n) is 12.2. The minimum absolute atomic E-state index is 0.0680. The van der Waals surface area contributed by atoms with Gasteiger partial charge in [0.1, 0.15) is 5.75 Å². The number of carbonyl (C=O) groups excluding carboxylic acids is 3. The molecule has 0 radical (unpaired) electrons. The Bertz CT molecular complexity index is 2100. The molecule has 3 amide bonds. The lowest BCUT2D eigenvalue weighted by molar-refractivity contribution is -0.150. The average molecular weight is 700 g/mol. The zero-order valence-corrected chi connectivity index (χ0v) is 30.2. The van der Waals surface area contributed by atoms with Crippen LogP contribution in [0.2, 0.25) is 0 Å². The zero-order chi connectivity index (χ0) is 36.5. The lowest BCUT2D eigenvalue weighted by Crippen LogP contribution is -2.46. The number of hydrogen-bond donors (Lipinski definition) is 1. The van der Waals surface area contributed by atoms with Gasteiger partial charge in [0.15, 0.2) is 5.60 Å². The van der Waals surface area contributed by atoms with Crippen LogP contribution in [-0.2, 0) is 25.3 Å². The minimum Gasteiger partial charge on any atom is -0.497 e. The van der Waals surface area contributed by atoms with Crippen LogP contribution in [0.15, 0.2) is 91.5 Å². The average Bonchev–Trinajstić information content (AvgIpc) is 3.88. The summed E-state index contributed by atoms with van der Waals surface area (Å²) in [4.78, 5) is 48.4. The summed E-state index contributed by atoms with van der Waals surface area (Å²) >= 11 is 0. The van der Waals surface area contributed by atoms with E-state index in [0.29, 0.717) is 29.0 Å². The number of amides is 3. The van der Waals surface area contributed by atoms with Gasteiger partial charge in [-0.25, -0.2) is 0 Å². The Morgan fingerprint density at radius 1 is 1.06 bits per heavy atom. The fraction of sp³-hybridized carbons (Fsp3) is 0.372. The third kappa shape index (κ3) is 4.85. The molecule has 1 N–H and O–H groups in total. The number of aliphatic hydroxyl groups excluding tert-OH is 1. The Morgan fingerprint density at radius 2 is 1.81 bits per heavy atom. The van der Waals surface area contributed by atoms with Crippen molar-refractivity contribution in [2.75, 3.05) is 36.6 Å². The molecule has 268 valence electrons. The molecule has 0 unspecified atom stereocenters. The quantitative estimate of drug-likeness (QED) is 0.192. The molecule has 52 heavy (non-hydrogen) atoms. The smallest absolute Gasteiger partial charge is 0.264 e. The van der Waals surface area contributed by atoms with Gasteiger partial charge < -0.3 is 24.4 Å². The van der Waals surface area contributed by atoms with Gasteiger partial charge in [0, 0.05) is 41.6 Å². The Balaban J connectivity index is 1.26. The molecular weight excluding hydrogens is 654 g/mol. The highest BCUT2D eigenvalue weighted by atomic mass is 16.5. The molecule has 5 atom stereocenters. The summed E-state index contributed by atoms with van der Waals surface area (Å²) in [6.45, 7) is 11.1. The normalized spacial score (nSPS) is 25.1. The number of nitrogens with zero attached hydrogens (tertiary/aromatic N) is 3. The van der Waals surface area contributed by atoms with Gasteiger partial charge >= 0.3 is 0 Å². The fourth-order valence-corrected chi connectivity index (χ4v) is 9.77. The Kier molecular flexibility index (Phi) is 8.27. The van der Waals surface area contributed by atoms with Crippen molar-refractivity contribution >= 4 is 45.6 Å². The number of hydrogen-bond acceptors (Lipinski definition) is 6. The van der Waals surface area contributed by atoms with Crippen molar-refractivity contribution < 1.29 is 29.0 Å². The van der Waals surface area contributed by atoms with Gasteiger partial charge in [0.05, 0.1) is 49.2 Å². The maximum Gasteiger partial charge on any atom is 0.264 e. The number of rotatable bonds is 9. The van der Waals surface area contributed by atoms with Gasteiger partial charge in [0.25, 0.3) is 11.8 Å². The molecule has 4 aliphatic heterocycles. The second kappa shape index (κ2) is 12.6. The van der Waals surface area contributed by atoms with Gasteiger partial charge in [-0.05, 0) is 71.7 Å². The molecule has 9 nitrogen and oxygen atoms in total. The van der Waals surface area contributed by atoms with Crippen LogP contribution in [0.4, 0.5) is 17.1 Å². The first-order valence-corrected chi connectivity index (χ1v) is 18.2. The third-order valence-corrected chi connectivity index (χ3v) is 12.2. The molecule has 0 saturated carbocycles. The Hall–Kier alpha value is -4.99. The SMILES string of the molecule is C=CCN1C(=O)[C@]2(O[C@H](CC(=O)N3CCC[C@H]3CO)[C@@H](C(C)(C)c3ccc(OC)cc3)[C@@H]2C)c2cc(N3C(=O)c4cccc5cccc3c45)ccc21. The summed E-state index contributed by atoms with van der Waals surface area (Å²) in [6, 6.07) is 25.2. The van der Waals surface area contributed by atoms with Crippen LogP contribution in [0.5, 0.6) is 5.75 Å². The molecule has 2 saturated heterocycles. The molecule has 4 aliphatic rings. The number of fused-ring (bicyclic) bond motifs is 2. The van der Waals surface area contributed by atoms with Gasteiger partial charge in [0.2, 0.25) is 5.91 Å². The topological polar surface area (TPSA) is 99.6 Å². The first kappa shape index (κ1) is 34.1. The summed E-state index contributed by atoms with van der Waals surface area (Å²) in [6.07, 6.45) is 2.74. The molecule has 1 spiro atoms. The molecule has 2 fully saturated rings. The highest BCUT2D eigenvalue weighted by molar-refractivity contribution is 6.28. The van der Waals surface area contributed by atoms with Crippen molar-refractivity contribution in [1.29, 1.82) is 0 Å². The summed E-state index contributed by atoms with van der Waals surface area (Å²) < 4.78 is 12.7. The summed E-state index contributed by atoms with van der Waals surface area (Å²) in [5.41, 5.74) is 2.52. The number of ether oxygens (including phenoxy) is 2. The molecule has 8 rings (SSSR count). The lowest BCUT2D eigenvalue weighted by atomic mass is 9.63. The van der Waals surface area contributed by atoms with E-state index in [1.165, 1.54) is 0 Å². The highest BCUT2D eigenvalue weighted by Gasteiger charge is 2.66. The van der Waals surface area contributed by atoms with E-state index in [0.717, 1.165) is 40.6 Å². The number of likely N-dealkylation sites (tertiary alicyclic amines) is 1. The molecule has 4 aromatic rings. The molecule has 4 aromatic carbocycles. The van der Waals surface area contributed by atoms with Gasteiger partial charge in [-0.3, -0.25) is 19.3 Å². The van der Waals surface area contributed by atoms with Gasteiger partial charge in [-0.1, -0.05) is 63.2 Å². The van der Waals surface area contributed by atoms with E-state index in [1.54, 1.807) is 27.9 Å². The van der Waals surface area contributed by atoms with E-state index in [4.69, 9.17) is 9.47 Å². The highest BCUT2D eigenvalue weighted by Crippen LogP contribution is 2.60. The van der Waals surface area contributed by atoms with E-state index in [9.17, 15) is 14.7 Å². The summed E-state index contributed by atoms with van der Waals surface area (Å²) in [5, 5.41) is 12.0. The summed E-state index contributed by atoms with van der Waals surface area (Å²) in [7, 11) is 1.64. The second-order valence-corrected chi connectivity index (χ2v) is 15.2. The van der Waals surface area contributed by atoms with Crippen LogP contribution in [0.3, 0.4) is 0 Å². The van der Waals surface area contributed by atoms with E-state index in [1.807, 2.05) is 78.9 Å². The number of benzene rings is 4. The van der Waals surface area contributed by atoms with Crippen LogP contribution >= 0.6 is 0 Å². The lowest BCUT2D eigenvalue weighted by Gasteiger charge is -2.39. The molecule has 9 heteroatoms. The van der Waals surface area contributed by atoms with Crippen LogP contribution in [0.1, 0.15) is 61.5 Å². The van der Waals surface area contributed by atoms with Crippen molar-refractivity contribution in [3.63, 3.8) is 0 Å². The van der Waals surface area contributed by atoms with Crippen molar-refractivity contribution in [3.05, 3.63) is 108 Å². The fourth-order valence-electron chi connectivity index (χ4n) is 9.77. The molecule has 4 heterocycles. The Labute approximate surface area is 304 Å². The number of anilines is 3. The molecular formula is C43H45N3O6. The van der Waals surface area contributed by atoms with Crippen molar-refractivity contribution in [1.82, 2.24) is 4.90 Å². The van der Waals surface area contributed by atoms with Crippen molar-refractivity contribution in [3.8, 4) is 5.75 Å². The van der Waals surface area contributed by atoms with E-state index in [2.05, 4.69) is 27.4 Å². The van der Waals surface area contributed by atoms with Crippen LogP contribution in [0.25, 0.3) is 10.8 Å². The number of methoxy groups -OCH3 is 1. The first-order valence-electron chi connectivity index (χ1n) is 18.2. The van der Waals surface area contributed by atoms with Gasteiger partial charge in [-0.15, -0.1) is 6.58 Å². The summed E-state index contributed by atoms with van der Waals surface area (Å²) in [5.74, 6) is -0.345. The zero-order valence-electron chi connectivity index (χ0n) is 30.2. The van der Waals surface area contributed by atoms with E-state index < -0.39 is 17.1 Å². The Morgan fingerprint density at radius 3 is 2.52 bits per heavy atom. The van der Waals surface area contributed by atoms with E-state index >= 15 is 4.79 Å². The monoisotopic (exact) mass is 699 g/mol. The first-order chi connectivity index (χ1) is 25.1. The maximum absolute atomic E-state index is 15.0. The molecule has 0 aliphatic carbocycles. The van der Waals surface area contributed by atoms with Crippen LogP contribution in [-0.4, -0.2) is 66.7 Å². The van der Waals surface area contributed by atoms with E-state index in [-0.39, 0.29) is 55.2 Å². The standard InChI is InChI=1S/C43H45N3O6/c1-6-21-45-34-20-17-29(46-35-14-8-11-27-10-7-13-32(38(27)35)40(46)49)23-33(34)43(41(45)50)26(2)39(42(3,4)28-15-18-31(51-5)19-16-28)36(52-43)24-37(48)44-22-9-12-30(44)25-47/h6-8,10-11,13-20,23,26,30,36,39,47H,1,9,12,21-22,24-25H2,2-5H3/t26-,30-,36+,39-,43+/m0/s1. The predicted octanol–water partition coefficient (Wildman–Crippen LogP) is 6.87. The predicted molar refractivity (Wildman–Crippen MR) is 201 cm³/mol. The molecule has 0 aromatic heterocycles. The molecule has 0 bridgehead atoms. The van der Waals surface area contributed by atoms with Crippen LogP contribution in [0, 0.1) is 11.8 Å². The van der Waals surface area contributed by atoms with Crippen molar-refractivity contribution in [2.24, 2.45) is 11.8 Å². The van der Waals surface area contributed by atoms with Crippen molar-refractivity contribution in [2.45, 2.75) is 63.2 Å². The number of carbonyl (C=O) groups is 3. The second-order valence-electron chi connectivity index (χ2n) is 15.2. The maximum atomic E-state index is 15.0. The van der Waals surface area contributed by atoms with Gasteiger partial charge in [-0.2, -0.15) is 0 Å². The number of aliphatic hydroxyl groups is 1. The largest absolute Gasteiger partial charge is 0.497 e.